The van der Waals surface area contributed by atoms with Gasteiger partial charge in [0.05, 0.1) is 12.2 Å². The van der Waals surface area contributed by atoms with Gasteiger partial charge in [-0.2, -0.15) is 0 Å². The number of carbonyl (C=O) groups is 1. The molecule has 2 N–H and O–H groups in total. The van der Waals surface area contributed by atoms with Crippen LogP contribution in [0, 0.1) is 5.82 Å². The highest BCUT2D eigenvalue weighted by Crippen LogP contribution is 2.13. The lowest BCUT2D eigenvalue weighted by atomic mass is 10.3. The van der Waals surface area contributed by atoms with Gasteiger partial charge in [-0.3, -0.25) is 4.79 Å². The molecule has 0 fully saturated rings. The SMILES string of the molecule is COCCOc1ncc(C(N)=O)cc1F. The van der Waals surface area contributed by atoms with Gasteiger partial charge >= 0.3 is 0 Å². The van der Waals surface area contributed by atoms with Crippen LogP contribution in [0.3, 0.4) is 0 Å². The number of amides is 1. The van der Waals surface area contributed by atoms with Crippen LogP contribution >= 0.6 is 0 Å². The number of hydrogen-bond donors (Lipinski definition) is 1. The van der Waals surface area contributed by atoms with Crippen molar-refractivity contribution in [2.45, 2.75) is 0 Å². The molecule has 0 spiro atoms. The van der Waals surface area contributed by atoms with Gasteiger partial charge in [0.25, 0.3) is 0 Å². The van der Waals surface area contributed by atoms with E-state index >= 15 is 0 Å². The summed E-state index contributed by atoms with van der Waals surface area (Å²) in [6, 6.07) is 0.984. The lowest BCUT2D eigenvalue weighted by molar-refractivity contribution is 0.0999. The first-order valence-electron chi connectivity index (χ1n) is 4.22. The molecule has 82 valence electrons. The van der Waals surface area contributed by atoms with E-state index in [1.807, 2.05) is 0 Å². The van der Waals surface area contributed by atoms with Crippen LogP contribution in [0.2, 0.25) is 0 Å². The summed E-state index contributed by atoms with van der Waals surface area (Å²) in [5.74, 6) is -1.62. The zero-order valence-corrected chi connectivity index (χ0v) is 8.20. The molecule has 0 unspecified atom stereocenters. The van der Waals surface area contributed by atoms with Crippen LogP contribution in [0.25, 0.3) is 0 Å². The standard InChI is InChI=1S/C9H11FN2O3/c1-14-2-3-15-9-7(10)4-6(5-12-9)8(11)13/h4-5H,2-3H2,1H3,(H2,11,13). The number of primary amides is 1. The van der Waals surface area contributed by atoms with Gasteiger partial charge in [-0.1, -0.05) is 0 Å². The number of pyridine rings is 1. The molecule has 1 aromatic rings. The average Bonchev–Trinajstić information content (AvgIpc) is 2.20. The summed E-state index contributed by atoms with van der Waals surface area (Å²) in [5, 5.41) is 0. The molecule has 1 rings (SSSR count). The van der Waals surface area contributed by atoms with E-state index in [0.717, 1.165) is 12.3 Å². The zero-order valence-electron chi connectivity index (χ0n) is 8.20. The number of rotatable bonds is 5. The molecule has 0 bridgehead atoms. The molecule has 15 heavy (non-hydrogen) atoms. The van der Waals surface area contributed by atoms with Gasteiger partial charge in [-0.05, 0) is 6.07 Å². The Kier molecular flexibility index (Phi) is 3.99. The quantitative estimate of drug-likeness (QED) is 0.717. The molecule has 5 nitrogen and oxygen atoms in total. The van der Waals surface area contributed by atoms with Gasteiger partial charge in [0.2, 0.25) is 11.8 Å². The molecule has 0 radical (unpaired) electrons. The highest BCUT2D eigenvalue weighted by Gasteiger charge is 2.09. The predicted molar refractivity (Wildman–Crippen MR) is 50.1 cm³/mol. The van der Waals surface area contributed by atoms with E-state index < -0.39 is 11.7 Å². The Labute approximate surface area is 86.0 Å². The molecule has 6 heteroatoms. The van der Waals surface area contributed by atoms with Gasteiger partial charge in [0, 0.05) is 13.3 Å². The second-order valence-electron chi connectivity index (χ2n) is 2.72. The largest absolute Gasteiger partial charge is 0.473 e. The van der Waals surface area contributed by atoms with E-state index in [9.17, 15) is 9.18 Å². The fourth-order valence-corrected chi connectivity index (χ4v) is 0.888. The molecule has 0 atom stereocenters. The minimum atomic E-state index is -0.732. The van der Waals surface area contributed by atoms with Crippen molar-refractivity contribution in [1.82, 2.24) is 4.98 Å². The van der Waals surface area contributed by atoms with Crippen molar-refractivity contribution in [3.8, 4) is 5.88 Å². The normalized spacial score (nSPS) is 10.0. The van der Waals surface area contributed by atoms with Crippen LogP contribution in [0.4, 0.5) is 4.39 Å². The molecule has 0 aliphatic rings. The first-order valence-corrected chi connectivity index (χ1v) is 4.22. The van der Waals surface area contributed by atoms with Gasteiger partial charge in [0.15, 0.2) is 5.82 Å². The number of methoxy groups -OCH3 is 1. The molecule has 0 aliphatic carbocycles. The third-order valence-corrected chi connectivity index (χ3v) is 1.62. The Balaban J connectivity index is 2.70. The number of halogens is 1. The third kappa shape index (κ3) is 3.17. The first kappa shape index (κ1) is 11.4. The monoisotopic (exact) mass is 214 g/mol. The van der Waals surface area contributed by atoms with Crippen molar-refractivity contribution >= 4 is 5.91 Å². The first-order chi connectivity index (χ1) is 7.15. The van der Waals surface area contributed by atoms with Crippen molar-refractivity contribution in [3.05, 3.63) is 23.6 Å². The van der Waals surface area contributed by atoms with Crippen LogP contribution in [-0.4, -0.2) is 31.2 Å². The molecule has 0 saturated heterocycles. The number of hydrogen-bond acceptors (Lipinski definition) is 4. The molecule has 0 aromatic carbocycles. The Morgan fingerprint density at radius 3 is 2.87 bits per heavy atom. The Hall–Kier alpha value is -1.69. The fourth-order valence-electron chi connectivity index (χ4n) is 0.888. The maximum atomic E-state index is 13.2. The highest BCUT2D eigenvalue weighted by molar-refractivity contribution is 5.92. The lowest BCUT2D eigenvalue weighted by Gasteiger charge is -2.05. The molecular weight excluding hydrogens is 203 g/mol. The number of nitrogens with two attached hydrogens (primary N) is 1. The predicted octanol–water partition coefficient (Wildman–Crippen LogP) is 0.345. The highest BCUT2D eigenvalue weighted by atomic mass is 19.1. The van der Waals surface area contributed by atoms with Gasteiger partial charge in [0.1, 0.15) is 6.61 Å². The molecule has 1 aromatic heterocycles. The van der Waals surface area contributed by atoms with Crippen molar-refractivity contribution in [2.24, 2.45) is 5.73 Å². The molecule has 1 heterocycles. The van der Waals surface area contributed by atoms with E-state index in [1.54, 1.807) is 0 Å². The van der Waals surface area contributed by atoms with Crippen LogP contribution in [0.5, 0.6) is 5.88 Å². The summed E-state index contributed by atoms with van der Waals surface area (Å²) in [6.07, 6.45) is 1.16. The zero-order chi connectivity index (χ0) is 11.3. The van der Waals surface area contributed by atoms with E-state index in [2.05, 4.69) is 4.98 Å². The Morgan fingerprint density at radius 1 is 1.60 bits per heavy atom. The second-order valence-corrected chi connectivity index (χ2v) is 2.72. The maximum absolute atomic E-state index is 13.2. The summed E-state index contributed by atoms with van der Waals surface area (Å²) in [5.41, 5.74) is 4.95. The van der Waals surface area contributed by atoms with Crippen LogP contribution in [-0.2, 0) is 4.74 Å². The molecule has 0 saturated carbocycles. The fraction of sp³-hybridized carbons (Fsp3) is 0.333. The van der Waals surface area contributed by atoms with Crippen molar-refractivity contribution in [2.75, 3.05) is 20.3 Å². The summed E-state index contributed by atoms with van der Waals surface area (Å²) >= 11 is 0. The minimum absolute atomic E-state index is 0.00610. The number of nitrogens with zero attached hydrogens (tertiary/aromatic N) is 1. The van der Waals surface area contributed by atoms with Crippen molar-refractivity contribution in [3.63, 3.8) is 0 Å². The lowest BCUT2D eigenvalue weighted by Crippen LogP contribution is -2.13. The maximum Gasteiger partial charge on any atom is 0.250 e. The molecular formula is C9H11FN2O3. The van der Waals surface area contributed by atoms with E-state index in [1.165, 1.54) is 7.11 Å². The number of ether oxygens (including phenoxy) is 2. The van der Waals surface area contributed by atoms with Crippen LogP contribution in [0.1, 0.15) is 10.4 Å². The Morgan fingerprint density at radius 2 is 2.33 bits per heavy atom. The van der Waals surface area contributed by atoms with E-state index in [0.29, 0.717) is 6.61 Å². The molecule has 0 aliphatic heterocycles. The van der Waals surface area contributed by atoms with Gasteiger partial charge in [-0.25, -0.2) is 9.37 Å². The third-order valence-electron chi connectivity index (χ3n) is 1.62. The average molecular weight is 214 g/mol. The van der Waals surface area contributed by atoms with E-state index in [-0.39, 0.29) is 18.1 Å². The van der Waals surface area contributed by atoms with Gasteiger partial charge in [-0.15, -0.1) is 0 Å². The van der Waals surface area contributed by atoms with Crippen molar-refractivity contribution in [1.29, 1.82) is 0 Å². The van der Waals surface area contributed by atoms with Crippen molar-refractivity contribution < 1.29 is 18.7 Å². The van der Waals surface area contributed by atoms with E-state index in [4.69, 9.17) is 15.2 Å². The minimum Gasteiger partial charge on any atom is -0.473 e. The Bertz CT molecular complexity index is 357. The summed E-state index contributed by atoms with van der Waals surface area (Å²) in [4.78, 5) is 14.3. The summed E-state index contributed by atoms with van der Waals surface area (Å²) < 4.78 is 22.9. The number of carbonyl (C=O) groups excluding carboxylic acids is 1. The number of aromatic nitrogens is 1. The molecule has 1 amide bonds. The topological polar surface area (TPSA) is 74.4 Å². The second kappa shape index (κ2) is 5.26. The van der Waals surface area contributed by atoms with Crippen LogP contribution in [0.15, 0.2) is 12.3 Å². The smallest absolute Gasteiger partial charge is 0.250 e. The van der Waals surface area contributed by atoms with Gasteiger partial charge < -0.3 is 15.2 Å². The summed E-state index contributed by atoms with van der Waals surface area (Å²) in [6.45, 7) is 0.523. The van der Waals surface area contributed by atoms with Crippen LogP contribution < -0.4 is 10.5 Å². The summed E-state index contributed by atoms with van der Waals surface area (Å²) in [7, 11) is 1.50.